The van der Waals surface area contributed by atoms with Crippen LogP contribution in [0, 0.1) is 0 Å². The highest BCUT2D eigenvalue weighted by Crippen LogP contribution is 1.99. The second-order valence-corrected chi connectivity index (χ2v) is 2.45. The van der Waals surface area contributed by atoms with Crippen molar-refractivity contribution in [2.45, 2.75) is 32.8 Å². The lowest BCUT2D eigenvalue weighted by atomic mass is 10.3. The van der Waals surface area contributed by atoms with Crippen molar-refractivity contribution in [2.75, 3.05) is 12.4 Å². The van der Waals surface area contributed by atoms with Crippen LogP contribution in [0.3, 0.4) is 0 Å². The number of hydrogen-bond acceptors (Lipinski definition) is 2. The van der Waals surface area contributed by atoms with Gasteiger partial charge in [-0.1, -0.05) is 13.8 Å². The van der Waals surface area contributed by atoms with Gasteiger partial charge in [-0.2, -0.15) is 12.6 Å². The van der Waals surface area contributed by atoms with Crippen molar-refractivity contribution in [3.05, 3.63) is 0 Å². The summed E-state index contributed by atoms with van der Waals surface area (Å²) in [4.78, 5) is 0. The highest BCUT2D eigenvalue weighted by Gasteiger charge is 2.00. The summed E-state index contributed by atoms with van der Waals surface area (Å²) in [6.45, 7) is 5.11. The maximum atomic E-state index is 5.41. The molecule has 0 aromatic carbocycles. The fourth-order valence-corrected chi connectivity index (χ4v) is 0.948. The Bertz CT molecular complexity index is 52.9. The van der Waals surface area contributed by atoms with Crippen LogP contribution in [0.2, 0.25) is 0 Å². The summed E-state index contributed by atoms with van der Waals surface area (Å²) in [7, 11) is 0. The Morgan fingerprint density at radius 1 is 1.44 bits per heavy atom. The molecule has 0 rings (SSSR count). The van der Waals surface area contributed by atoms with E-state index in [9.17, 15) is 0 Å². The van der Waals surface area contributed by atoms with Gasteiger partial charge in [0, 0.05) is 12.4 Å². The lowest BCUT2D eigenvalue weighted by Gasteiger charge is -2.11. The first kappa shape index (κ1) is 9.31. The molecule has 1 atom stereocenters. The van der Waals surface area contributed by atoms with Gasteiger partial charge < -0.3 is 4.74 Å². The molecule has 0 heterocycles. The average molecular weight is 148 g/mol. The van der Waals surface area contributed by atoms with Crippen molar-refractivity contribution in [2.24, 2.45) is 0 Å². The zero-order valence-corrected chi connectivity index (χ0v) is 7.16. The zero-order chi connectivity index (χ0) is 7.11. The SMILES string of the molecule is CCCOC(CC)CS. The summed E-state index contributed by atoms with van der Waals surface area (Å²) in [5.41, 5.74) is 0. The normalized spacial score (nSPS) is 13.7. The Kier molecular flexibility index (Phi) is 6.65. The largest absolute Gasteiger partial charge is 0.377 e. The molecule has 0 aromatic rings. The molecule has 1 nitrogen and oxygen atoms in total. The quantitative estimate of drug-likeness (QED) is 0.588. The minimum Gasteiger partial charge on any atom is -0.377 e. The monoisotopic (exact) mass is 148 g/mol. The molecule has 0 N–H and O–H groups in total. The van der Waals surface area contributed by atoms with Crippen LogP contribution >= 0.6 is 12.6 Å². The van der Waals surface area contributed by atoms with E-state index in [1.807, 2.05) is 0 Å². The van der Waals surface area contributed by atoms with E-state index in [1.54, 1.807) is 0 Å². The second-order valence-electron chi connectivity index (χ2n) is 2.08. The van der Waals surface area contributed by atoms with Crippen LogP contribution in [0.15, 0.2) is 0 Å². The Hall–Kier alpha value is 0.310. The van der Waals surface area contributed by atoms with Gasteiger partial charge >= 0.3 is 0 Å². The minimum absolute atomic E-state index is 0.369. The van der Waals surface area contributed by atoms with E-state index >= 15 is 0 Å². The fraction of sp³-hybridized carbons (Fsp3) is 1.00. The van der Waals surface area contributed by atoms with E-state index in [4.69, 9.17) is 4.74 Å². The van der Waals surface area contributed by atoms with Gasteiger partial charge in [0.15, 0.2) is 0 Å². The van der Waals surface area contributed by atoms with Gasteiger partial charge in [0.25, 0.3) is 0 Å². The van der Waals surface area contributed by atoms with Crippen molar-refractivity contribution in [1.29, 1.82) is 0 Å². The highest BCUT2D eigenvalue weighted by atomic mass is 32.1. The van der Waals surface area contributed by atoms with Crippen LogP contribution in [0.1, 0.15) is 26.7 Å². The third-order valence-electron chi connectivity index (χ3n) is 1.22. The van der Waals surface area contributed by atoms with Gasteiger partial charge in [0.05, 0.1) is 6.10 Å². The fourth-order valence-electron chi connectivity index (χ4n) is 0.584. The first-order valence-corrected chi connectivity index (χ1v) is 4.20. The lowest BCUT2D eigenvalue weighted by Crippen LogP contribution is -2.13. The zero-order valence-electron chi connectivity index (χ0n) is 6.26. The Balaban J connectivity index is 3.09. The summed E-state index contributed by atoms with van der Waals surface area (Å²) in [6, 6.07) is 0. The molecule has 0 aromatic heterocycles. The van der Waals surface area contributed by atoms with Crippen molar-refractivity contribution in [3.8, 4) is 0 Å². The van der Waals surface area contributed by atoms with Gasteiger partial charge in [-0.25, -0.2) is 0 Å². The van der Waals surface area contributed by atoms with E-state index in [-0.39, 0.29) is 0 Å². The molecule has 9 heavy (non-hydrogen) atoms. The maximum absolute atomic E-state index is 5.41. The van der Waals surface area contributed by atoms with Gasteiger partial charge in [-0.15, -0.1) is 0 Å². The Morgan fingerprint density at radius 3 is 2.44 bits per heavy atom. The molecule has 0 spiro atoms. The molecule has 2 heteroatoms. The molecular weight excluding hydrogens is 132 g/mol. The Labute approximate surface area is 63.2 Å². The van der Waals surface area contributed by atoms with Crippen LogP contribution in [0.4, 0.5) is 0 Å². The van der Waals surface area contributed by atoms with E-state index < -0.39 is 0 Å². The predicted molar refractivity (Wildman–Crippen MR) is 44.2 cm³/mol. The van der Waals surface area contributed by atoms with Gasteiger partial charge in [-0.3, -0.25) is 0 Å². The standard InChI is InChI=1S/C7H16OS/c1-3-5-8-7(4-2)6-9/h7,9H,3-6H2,1-2H3. The van der Waals surface area contributed by atoms with Crippen LogP contribution in [0.5, 0.6) is 0 Å². The smallest absolute Gasteiger partial charge is 0.0660 e. The van der Waals surface area contributed by atoms with E-state index in [1.165, 1.54) is 0 Å². The van der Waals surface area contributed by atoms with Crippen LogP contribution in [0.25, 0.3) is 0 Å². The summed E-state index contributed by atoms with van der Waals surface area (Å²) in [5, 5.41) is 0. The molecule has 0 amide bonds. The molecule has 0 fully saturated rings. The third-order valence-corrected chi connectivity index (χ3v) is 1.62. The lowest BCUT2D eigenvalue weighted by molar-refractivity contribution is 0.0676. The molecule has 1 unspecified atom stereocenters. The second kappa shape index (κ2) is 6.43. The highest BCUT2D eigenvalue weighted by molar-refractivity contribution is 7.80. The molecule has 56 valence electrons. The van der Waals surface area contributed by atoms with Crippen LogP contribution < -0.4 is 0 Å². The van der Waals surface area contributed by atoms with Gasteiger partial charge in [-0.05, 0) is 12.8 Å². The number of ether oxygens (including phenoxy) is 1. The average Bonchev–Trinajstić information content (AvgIpc) is 1.91. The van der Waals surface area contributed by atoms with E-state index in [0.29, 0.717) is 6.10 Å². The minimum atomic E-state index is 0.369. The molecular formula is C7H16OS. The molecule has 0 aliphatic heterocycles. The molecule has 0 saturated carbocycles. The molecule has 0 bridgehead atoms. The summed E-state index contributed by atoms with van der Waals surface area (Å²) < 4.78 is 5.41. The third kappa shape index (κ3) is 4.79. The van der Waals surface area contributed by atoms with Crippen molar-refractivity contribution >= 4 is 12.6 Å². The summed E-state index contributed by atoms with van der Waals surface area (Å²) >= 11 is 4.14. The van der Waals surface area contributed by atoms with Crippen LogP contribution in [-0.4, -0.2) is 18.5 Å². The van der Waals surface area contributed by atoms with Gasteiger partial charge in [0.2, 0.25) is 0 Å². The van der Waals surface area contributed by atoms with Crippen molar-refractivity contribution in [1.82, 2.24) is 0 Å². The first-order valence-electron chi connectivity index (χ1n) is 3.57. The van der Waals surface area contributed by atoms with Crippen molar-refractivity contribution in [3.63, 3.8) is 0 Å². The van der Waals surface area contributed by atoms with E-state index in [2.05, 4.69) is 26.5 Å². The number of hydrogen-bond donors (Lipinski definition) is 1. The topological polar surface area (TPSA) is 9.23 Å². The van der Waals surface area contributed by atoms with Crippen LogP contribution in [-0.2, 0) is 4.74 Å². The van der Waals surface area contributed by atoms with Crippen molar-refractivity contribution < 1.29 is 4.74 Å². The summed E-state index contributed by atoms with van der Waals surface area (Å²) in [6.07, 6.45) is 2.54. The predicted octanol–water partition coefficient (Wildman–Crippen LogP) is 2.12. The van der Waals surface area contributed by atoms with Gasteiger partial charge in [0.1, 0.15) is 0 Å². The molecule has 0 radical (unpaired) electrons. The Morgan fingerprint density at radius 2 is 2.11 bits per heavy atom. The number of thiol groups is 1. The van der Waals surface area contributed by atoms with E-state index in [0.717, 1.165) is 25.2 Å². The number of rotatable bonds is 5. The molecule has 0 saturated heterocycles. The summed E-state index contributed by atoms with van der Waals surface area (Å²) in [5.74, 6) is 0.844. The maximum Gasteiger partial charge on any atom is 0.0660 e. The first-order chi connectivity index (χ1) is 4.35. The molecule has 0 aliphatic carbocycles. The molecule has 0 aliphatic rings.